The third-order valence-electron chi connectivity index (χ3n) is 5.58. The van der Waals surface area contributed by atoms with Crippen LogP contribution in [-0.2, 0) is 16.9 Å². The standard InChI is InChI=1S/C24H18BrNO5/c25-17-5-3-4-16(11-17)20(27)12-24(29)18-6-1-2-7-19(18)26(23(24)28)13-15-8-9-21-22(10-15)31-14-30-21/h1-11,29H,12-14H2/t24-/m0/s1. The maximum absolute atomic E-state index is 13.4. The maximum atomic E-state index is 13.4. The van der Waals surface area contributed by atoms with Crippen LogP contribution in [0.4, 0.5) is 5.69 Å². The Balaban J connectivity index is 1.47. The molecule has 2 aliphatic rings. The molecule has 0 bridgehead atoms. The molecule has 2 aliphatic heterocycles. The average Bonchev–Trinajstić information content (AvgIpc) is 3.31. The Hall–Kier alpha value is -3.16. The van der Waals surface area contributed by atoms with Crippen molar-refractivity contribution >= 4 is 33.3 Å². The minimum atomic E-state index is -1.92. The summed E-state index contributed by atoms with van der Waals surface area (Å²) in [5, 5.41) is 11.4. The molecule has 1 atom stereocenters. The van der Waals surface area contributed by atoms with E-state index in [4.69, 9.17) is 9.47 Å². The minimum absolute atomic E-state index is 0.168. The Labute approximate surface area is 187 Å². The molecule has 0 fully saturated rings. The van der Waals surface area contributed by atoms with Crippen molar-refractivity contribution in [3.05, 3.63) is 87.9 Å². The molecule has 3 aromatic carbocycles. The van der Waals surface area contributed by atoms with Gasteiger partial charge < -0.3 is 19.5 Å². The van der Waals surface area contributed by atoms with Crippen LogP contribution >= 0.6 is 15.9 Å². The first-order chi connectivity index (χ1) is 15.0. The van der Waals surface area contributed by atoms with E-state index in [1.165, 1.54) is 4.90 Å². The zero-order valence-corrected chi connectivity index (χ0v) is 18.0. The smallest absolute Gasteiger partial charge is 0.264 e. The quantitative estimate of drug-likeness (QED) is 0.555. The number of nitrogens with zero attached hydrogens (tertiary/aromatic N) is 1. The van der Waals surface area contributed by atoms with Crippen molar-refractivity contribution < 1.29 is 24.2 Å². The van der Waals surface area contributed by atoms with Crippen molar-refractivity contribution in [3.63, 3.8) is 0 Å². The Morgan fingerprint density at radius 1 is 1.03 bits per heavy atom. The number of rotatable bonds is 5. The van der Waals surface area contributed by atoms with Crippen molar-refractivity contribution in [1.82, 2.24) is 0 Å². The number of hydrogen-bond donors (Lipinski definition) is 1. The Morgan fingerprint density at radius 3 is 2.68 bits per heavy atom. The van der Waals surface area contributed by atoms with Crippen LogP contribution in [0.25, 0.3) is 0 Å². The van der Waals surface area contributed by atoms with Gasteiger partial charge in [0.2, 0.25) is 6.79 Å². The summed E-state index contributed by atoms with van der Waals surface area (Å²) in [7, 11) is 0. The number of fused-ring (bicyclic) bond motifs is 2. The van der Waals surface area contributed by atoms with Crippen molar-refractivity contribution in [1.29, 1.82) is 0 Å². The van der Waals surface area contributed by atoms with Gasteiger partial charge >= 0.3 is 0 Å². The second kappa shape index (κ2) is 7.51. The molecule has 0 saturated carbocycles. The zero-order valence-electron chi connectivity index (χ0n) is 16.4. The van der Waals surface area contributed by atoms with E-state index < -0.39 is 11.5 Å². The van der Waals surface area contributed by atoms with Gasteiger partial charge in [0.1, 0.15) is 0 Å². The highest BCUT2D eigenvalue weighted by atomic mass is 79.9. The normalized spacial score (nSPS) is 18.9. The lowest BCUT2D eigenvalue weighted by Crippen LogP contribution is -2.41. The summed E-state index contributed by atoms with van der Waals surface area (Å²) in [4.78, 5) is 27.9. The molecule has 6 nitrogen and oxygen atoms in total. The van der Waals surface area contributed by atoms with Crippen LogP contribution in [0, 0.1) is 0 Å². The topological polar surface area (TPSA) is 76.1 Å². The summed E-state index contributed by atoms with van der Waals surface area (Å²) in [6, 6.07) is 19.4. The van der Waals surface area contributed by atoms with Crippen molar-refractivity contribution in [2.24, 2.45) is 0 Å². The Morgan fingerprint density at radius 2 is 1.84 bits per heavy atom. The highest BCUT2D eigenvalue weighted by Gasteiger charge is 2.50. The first-order valence-corrected chi connectivity index (χ1v) is 10.6. The number of ether oxygens (including phenoxy) is 2. The van der Waals surface area contributed by atoms with Gasteiger partial charge in [-0.05, 0) is 35.9 Å². The van der Waals surface area contributed by atoms with Gasteiger partial charge in [-0.1, -0.05) is 52.3 Å². The van der Waals surface area contributed by atoms with Crippen LogP contribution in [0.1, 0.15) is 27.9 Å². The molecule has 1 N–H and O–H groups in total. The number of halogens is 1. The van der Waals surface area contributed by atoms with Crippen LogP contribution < -0.4 is 14.4 Å². The predicted octanol–water partition coefficient (Wildman–Crippen LogP) is 4.19. The van der Waals surface area contributed by atoms with Gasteiger partial charge in [0.15, 0.2) is 22.9 Å². The fourth-order valence-corrected chi connectivity index (χ4v) is 4.45. The lowest BCUT2D eigenvalue weighted by atomic mass is 9.88. The lowest BCUT2D eigenvalue weighted by Gasteiger charge is -2.23. The van der Waals surface area contributed by atoms with Gasteiger partial charge in [-0.2, -0.15) is 0 Å². The molecule has 3 aromatic rings. The van der Waals surface area contributed by atoms with Gasteiger partial charge in [0, 0.05) is 15.6 Å². The fraction of sp³-hybridized carbons (Fsp3) is 0.167. The van der Waals surface area contributed by atoms with Gasteiger partial charge in [0.05, 0.1) is 18.7 Å². The van der Waals surface area contributed by atoms with E-state index in [1.54, 1.807) is 48.5 Å². The Kier molecular flexibility index (Phi) is 4.79. The molecule has 31 heavy (non-hydrogen) atoms. The second-order valence-corrected chi connectivity index (χ2v) is 8.48. The zero-order chi connectivity index (χ0) is 21.6. The molecule has 0 aromatic heterocycles. The van der Waals surface area contributed by atoms with Gasteiger partial charge in [-0.3, -0.25) is 9.59 Å². The number of aliphatic hydroxyl groups is 1. The van der Waals surface area contributed by atoms with Crippen LogP contribution in [0.2, 0.25) is 0 Å². The molecule has 5 rings (SSSR count). The minimum Gasteiger partial charge on any atom is -0.454 e. The van der Waals surface area contributed by atoms with E-state index in [1.807, 2.05) is 18.2 Å². The highest BCUT2D eigenvalue weighted by Crippen LogP contribution is 2.44. The molecule has 0 spiro atoms. The van der Waals surface area contributed by atoms with E-state index in [0.29, 0.717) is 28.3 Å². The van der Waals surface area contributed by atoms with E-state index >= 15 is 0 Å². The SMILES string of the molecule is O=C(C[C@@]1(O)C(=O)N(Cc2ccc3c(c2)OCO3)c2ccccc21)c1cccc(Br)c1. The van der Waals surface area contributed by atoms with Gasteiger partial charge in [-0.15, -0.1) is 0 Å². The molecular formula is C24H18BrNO5. The average molecular weight is 480 g/mol. The van der Waals surface area contributed by atoms with Crippen LogP contribution in [0.15, 0.2) is 71.2 Å². The van der Waals surface area contributed by atoms with Crippen LogP contribution in [-0.4, -0.2) is 23.6 Å². The van der Waals surface area contributed by atoms with E-state index in [9.17, 15) is 14.7 Å². The number of para-hydroxylation sites is 1. The number of benzene rings is 3. The lowest BCUT2D eigenvalue weighted by molar-refractivity contribution is -0.136. The number of ketones is 1. The summed E-state index contributed by atoms with van der Waals surface area (Å²) in [5.74, 6) is 0.456. The van der Waals surface area contributed by atoms with Gasteiger partial charge in [0.25, 0.3) is 5.91 Å². The number of anilines is 1. The molecule has 0 saturated heterocycles. The summed E-state index contributed by atoms with van der Waals surface area (Å²) >= 11 is 3.35. The predicted molar refractivity (Wildman–Crippen MR) is 117 cm³/mol. The number of Topliss-reactive ketones (excluding diaryl/α,β-unsaturated/α-hetero) is 1. The molecule has 2 heterocycles. The van der Waals surface area contributed by atoms with E-state index in [2.05, 4.69) is 15.9 Å². The maximum Gasteiger partial charge on any atom is 0.264 e. The van der Waals surface area contributed by atoms with Crippen LogP contribution in [0.3, 0.4) is 0 Å². The highest BCUT2D eigenvalue weighted by molar-refractivity contribution is 9.10. The van der Waals surface area contributed by atoms with E-state index in [0.717, 1.165) is 10.0 Å². The fourth-order valence-electron chi connectivity index (χ4n) is 4.05. The van der Waals surface area contributed by atoms with Crippen molar-refractivity contribution in [3.8, 4) is 11.5 Å². The van der Waals surface area contributed by atoms with Crippen LogP contribution in [0.5, 0.6) is 11.5 Å². The van der Waals surface area contributed by atoms with E-state index in [-0.39, 0.29) is 25.5 Å². The molecule has 0 unspecified atom stereocenters. The van der Waals surface area contributed by atoms with Gasteiger partial charge in [-0.25, -0.2) is 0 Å². The molecule has 0 aliphatic carbocycles. The molecule has 156 valence electrons. The first-order valence-electron chi connectivity index (χ1n) is 9.77. The third-order valence-corrected chi connectivity index (χ3v) is 6.07. The van der Waals surface area contributed by atoms with Crippen molar-refractivity contribution in [2.75, 3.05) is 11.7 Å². The largest absolute Gasteiger partial charge is 0.454 e. The third kappa shape index (κ3) is 3.40. The number of hydrogen-bond acceptors (Lipinski definition) is 5. The molecular weight excluding hydrogens is 462 g/mol. The number of carbonyl (C=O) groups excluding carboxylic acids is 2. The Bertz CT molecular complexity index is 1210. The molecule has 1 amide bonds. The monoisotopic (exact) mass is 479 g/mol. The summed E-state index contributed by atoms with van der Waals surface area (Å²) in [5.41, 5.74) is 0.364. The summed E-state index contributed by atoms with van der Waals surface area (Å²) in [6.07, 6.45) is -0.336. The second-order valence-electron chi connectivity index (χ2n) is 7.57. The molecule has 0 radical (unpaired) electrons. The first kappa shape index (κ1) is 19.8. The number of carbonyl (C=O) groups is 2. The summed E-state index contributed by atoms with van der Waals surface area (Å²) in [6.45, 7) is 0.404. The number of amides is 1. The van der Waals surface area contributed by atoms with Crippen molar-refractivity contribution in [2.45, 2.75) is 18.6 Å². The summed E-state index contributed by atoms with van der Waals surface area (Å²) < 4.78 is 11.5. The molecule has 7 heteroatoms.